The quantitative estimate of drug-likeness (QED) is 0.904. The fraction of sp³-hybridized carbons (Fsp3) is 0.467. The van der Waals surface area contributed by atoms with Gasteiger partial charge in [0.2, 0.25) is 0 Å². The number of imidazole rings is 1. The molecule has 0 unspecified atom stereocenters. The van der Waals surface area contributed by atoms with Gasteiger partial charge in [0.15, 0.2) is 0 Å². The molecule has 2 aromatic rings. The van der Waals surface area contributed by atoms with Crippen molar-refractivity contribution in [3.05, 3.63) is 30.1 Å². The Morgan fingerprint density at radius 2 is 1.95 bits per heavy atom. The molecule has 2 heterocycles. The lowest BCUT2D eigenvalue weighted by molar-refractivity contribution is -0.137. The highest BCUT2D eigenvalue weighted by atomic mass is 16.4. The molecule has 0 atom stereocenters. The first kappa shape index (κ1) is 14.0. The van der Waals surface area contributed by atoms with Crippen molar-refractivity contribution in [3.8, 4) is 0 Å². The number of aliphatic carboxylic acids is 1. The number of carbonyl (C=O) groups is 1. The third-order valence-electron chi connectivity index (χ3n) is 3.99. The first-order valence-electron chi connectivity index (χ1n) is 7.20. The number of nitrogens with zero attached hydrogens (tertiary/aromatic N) is 4. The monoisotopic (exact) mass is 288 g/mol. The van der Waals surface area contributed by atoms with Gasteiger partial charge >= 0.3 is 5.97 Å². The summed E-state index contributed by atoms with van der Waals surface area (Å²) in [6, 6.07) is 7.71. The van der Waals surface area contributed by atoms with Crippen LogP contribution in [0.3, 0.4) is 0 Å². The van der Waals surface area contributed by atoms with E-state index in [0.717, 1.165) is 43.0 Å². The number of para-hydroxylation sites is 2. The standard InChI is InChI=1S/C15H20N4O2/c1-17-6-8-18(9-7-17)10-14-16-12-4-2-3-5-13(12)19(14)11-15(20)21/h2-5H,6-11H2,1H3,(H,20,21). The minimum absolute atomic E-state index is 0.0381. The number of rotatable bonds is 4. The largest absolute Gasteiger partial charge is 0.480 e. The summed E-state index contributed by atoms with van der Waals surface area (Å²) in [5.74, 6) is 0.000864. The highest BCUT2D eigenvalue weighted by Gasteiger charge is 2.18. The number of hydrogen-bond donors (Lipinski definition) is 1. The van der Waals surface area contributed by atoms with Crippen LogP contribution < -0.4 is 0 Å². The number of carboxylic acid groups (broad SMARTS) is 1. The zero-order valence-corrected chi connectivity index (χ0v) is 12.2. The molecule has 1 aliphatic heterocycles. The number of likely N-dealkylation sites (N-methyl/N-ethyl adjacent to an activating group) is 1. The smallest absolute Gasteiger partial charge is 0.323 e. The predicted octanol–water partition coefficient (Wildman–Crippen LogP) is 0.868. The molecular formula is C15H20N4O2. The second-order valence-electron chi connectivity index (χ2n) is 5.58. The number of aromatic nitrogens is 2. The van der Waals surface area contributed by atoms with Gasteiger partial charge in [-0.3, -0.25) is 9.69 Å². The summed E-state index contributed by atoms with van der Waals surface area (Å²) >= 11 is 0. The fourth-order valence-corrected chi connectivity index (χ4v) is 2.76. The van der Waals surface area contributed by atoms with Crippen LogP contribution >= 0.6 is 0 Å². The summed E-state index contributed by atoms with van der Waals surface area (Å²) in [7, 11) is 2.12. The Hall–Kier alpha value is -1.92. The molecule has 0 aliphatic carbocycles. The van der Waals surface area contributed by atoms with Crippen molar-refractivity contribution in [2.24, 2.45) is 0 Å². The van der Waals surface area contributed by atoms with Crippen molar-refractivity contribution in [3.63, 3.8) is 0 Å². The molecule has 1 N–H and O–H groups in total. The third-order valence-corrected chi connectivity index (χ3v) is 3.99. The first-order chi connectivity index (χ1) is 10.1. The predicted molar refractivity (Wildman–Crippen MR) is 80.1 cm³/mol. The molecular weight excluding hydrogens is 268 g/mol. The van der Waals surface area contributed by atoms with Gasteiger partial charge in [-0.15, -0.1) is 0 Å². The SMILES string of the molecule is CN1CCN(Cc2nc3ccccc3n2CC(=O)O)CC1. The highest BCUT2D eigenvalue weighted by Crippen LogP contribution is 2.17. The van der Waals surface area contributed by atoms with E-state index in [1.54, 1.807) is 0 Å². The molecule has 1 fully saturated rings. The molecule has 6 nitrogen and oxygen atoms in total. The van der Waals surface area contributed by atoms with Crippen LogP contribution in [0.25, 0.3) is 11.0 Å². The van der Waals surface area contributed by atoms with Crippen LogP contribution in [-0.2, 0) is 17.9 Å². The van der Waals surface area contributed by atoms with Crippen molar-refractivity contribution < 1.29 is 9.90 Å². The van der Waals surface area contributed by atoms with Crippen molar-refractivity contribution in [1.29, 1.82) is 0 Å². The lowest BCUT2D eigenvalue weighted by Crippen LogP contribution is -2.44. The molecule has 1 aliphatic rings. The molecule has 0 radical (unpaired) electrons. The molecule has 0 bridgehead atoms. The number of hydrogen-bond acceptors (Lipinski definition) is 4. The van der Waals surface area contributed by atoms with Crippen molar-refractivity contribution >= 4 is 17.0 Å². The second kappa shape index (κ2) is 5.83. The molecule has 0 saturated carbocycles. The zero-order valence-electron chi connectivity index (χ0n) is 12.2. The van der Waals surface area contributed by atoms with Crippen LogP contribution in [0, 0.1) is 0 Å². The molecule has 21 heavy (non-hydrogen) atoms. The average Bonchev–Trinajstić information content (AvgIpc) is 2.79. The van der Waals surface area contributed by atoms with Gasteiger partial charge in [0.1, 0.15) is 12.4 Å². The van der Waals surface area contributed by atoms with Crippen LogP contribution in [0.15, 0.2) is 24.3 Å². The van der Waals surface area contributed by atoms with E-state index in [1.807, 2.05) is 28.8 Å². The van der Waals surface area contributed by atoms with Crippen LogP contribution in [-0.4, -0.2) is 63.7 Å². The lowest BCUT2D eigenvalue weighted by Gasteiger charge is -2.32. The van der Waals surface area contributed by atoms with Gasteiger partial charge in [-0.05, 0) is 19.2 Å². The minimum atomic E-state index is -0.835. The summed E-state index contributed by atoms with van der Waals surface area (Å²) in [5.41, 5.74) is 1.76. The molecule has 3 rings (SSSR count). The molecule has 0 amide bonds. The van der Waals surface area contributed by atoms with Crippen LogP contribution in [0.5, 0.6) is 0 Å². The van der Waals surface area contributed by atoms with Gasteiger partial charge in [0.25, 0.3) is 0 Å². The number of carboxylic acids is 1. The fourth-order valence-electron chi connectivity index (χ4n) is 2.76. The molecule has 112 valence electrons. The lowest BCUT2D eigenvalue weighted by atomic mass is 10.3. The summed E-state index contributed by atoms with van der Waals surface area (Å²) < 4.78 is 1.82. The Kier molecular flexibility index (Phi) is 3.90. The van der Waals surface area contributed by atoms with Crippen molar-refractivity contribution in [2.45, 2.75) is 13.1 Å². The molecule has 0 spiro atoms. The number of fused-ring (bicyclic) bond motifs is 1. The van der Waals surface area contributed by atoms with E-state index in [0.29, 0.717) is 6.54 Å². The molecule has 6 heteroatoms. The Bertz CT molecular complexity index is 644. The normalized spacial score (nSPS) is 17.4. The number of benzene rings is 1. The highest BCUT2D eigenvalue weighted by molar-refractivity contribution is 5.78. The summed E-state index contributed by atoms with van der Waals surface area (Å²) in [5, 5.41) is 9.14. The van der Waals surface area contributed by atoms with Gasteiger partial charge in [0, 0.05) is 26.2 Å². The second-order valence-corrected chi connectivity index (χ2v) is 5.58. The van der Waals surface area contributed by atoms with Crippen LogP contribution in [0.4, 0.5) is 0 Å². The van der Waals surface area contributed by atoms with Gasteiger partial charge in [-0.25, -0.2) is 4.98 Å². The molecule has 1 saturated heterocycles. The van der Waals surface area contributed by atoms with Gasteiger partial charge in [-0.2, -0.15) is 0 Å². The maximum absolute atomic E-state index is 11.1. The number of piperazine rings is 1. The van der Waals surface area contributed by atoms with E-state index < -0.39 is 5.97 Å². The first-order valence-corrected chi connectivity index (χ1v) is 7.20. The Labute approximate surface area is 123 Å². The minimum Gasteiger partial charge on any atom is -0.480 e. The Balaban J connectivity index is 1.88. The van der Waals surface area contributed by atoms with E-state index in [9.17, 15) is 4.79 Å². The van der Waals surface area contributed by atoms with Crippen molar-refractivity contribution in [2.75, 3.05) is 33.2 Å². The van der Waals surface area contributed by atoms with Crippen molar-refractivity contribution in [1.82, 2.24) is 19.4 Å². The molecule has 1 aromatic heterocycles. The maximum Gasteiger partial charge on any atom is 0.323 e. The molecule has 1 aromatic carbocycles. The van der Waals surface area contributed by atoms with Gasteiger partial charge in [0.05, 0.1) is 17.6 Å². The zero-order chi connectivity index (χ0) is 14.8. The van der Waals surface area contributed by atoms with Crippen LogP contribution in [0.1, 0.15) is 5.82 Å². The summed E-state index contributed by atoms with van der Waals surface area (Å²) in [6.07, 6.45) is 0. The van der Waals surface area contributed by atoms with E-state index in [2.05, 4.69) is 21.8 Å². The Morgan fingerprint density at radius 1 is 1.24 bits per heavy atom. The van der Waals surface area contributed by atoms with Crippen LogP contribution in [0.2, 0.25) is 0 Å². The van der Waals surface area contributed by atoms with E-state index in [1.165, 1.54) is 0 Å². The van der Waals surface area contributed by atoms with E-state index in [4.69, 9.17) is 5.11 Å². The third kappa shape index (κ3) is 3.06. The van der Waals surface area contributed by atoms with E-state index in [-0.39, 0.29) is 6.54 Å². The van der Waals surface area contributed by atoms with Gasteiger partial charge < -0.3 is 14.6 Å². The summed E-state index contributed by atoms with van der Waals surface area (Å²) in [4.78, 5) is 20.4. The maximum atomic E-state index is 11.1. The average molecular weight is 288 g/mol. The van der Waals surface area contributed by atoms with E-state index >= 15 is 0 Å². The van der Waals surface area contributed by atoms with Gasteiger partial charge in [-0.1, -0.05) is 12.1 Å². The topological polar surface area (TPSA) is 61.6 Å². The Morgan fingerprint density at radius 3 is 2.67 bits per heavy atom. The summed E-state index contributed by atoms with van der Waals surface area (Å²) in [6.45, 7) is 4.73.